The van der Waals surface area contributed by atoms with E-state index >= 15 is 0 Å². The van der Waals surface area contributed by atoms with Crippen LogP contribution in [-0.4, -0.2) is 59.4 Å². The maximum atomic E-state index is 13.0. The first-order chi connectivity index (χ1) is 13.6. The van der Waals surface area contributed by atoms with Gasteiger partial charge in [0.1, 0.15) is 16.9 Å². The largest absolute Gasteiger partial charge is 0.366 e. The van der Waals surface area contributed by atoms with Crippen LogP contribution in [0.25, 0.3) is 27.9 Å². The number of rotatable bonds is 5. The van der Waals surface area contributed by atoms with E-state index in [2.05, 4.69) is 25.4 Å². The molecule has 5 N–H and O–H groups in total. The molecule has 0 saturated carbocycles. The average molecular weight is 400 g/mol. The summed E-state index contributed by atoms with van der Waals surface area (Å²) >= 11 is 0. The first-order valence-electron chi connectivity index (χ1n) is 8.41. The van der Waals surface area contributed by atoms with E-state index in [1.165, 1.54) is 9.08 Å². The zero-order valence-corrected chi connectivity index (χ0v) is 15.1. The SMILES string of the molecule is [B]C(O)(O)Nc1nc(N)nn2ccc(-c3ccc4nc(C)n(CC(F)F)c4n3)c12. The molecule has 148 valence electrons. The second-order valence-electron chi connectivity index (χ2n) is 6.39. The predicted octanol–water partition coefficient (Wildman–Crippen LogP) is 0.473. The van der Waals surface area contributed by atoms with Crippen molar-refractivity contribution in [2.75, 3.05) is 11.1 Å². The monoisotopic (exact) mass is 400 g/mol. The Hall–Kier alpha value is -3.32. The summed E-state index contributed by atoms with van der Waals surface area (Å²) in [7, 11) is 5.20. The van der Waals surface area contributed by atoms with Crippen molar-refractivity contribution in [2.24, 2.45) is 0 Å². The highest BCUT2D eigenvalue weighted by Crippen LogP contribution is 2.31. The molecule has 4 rings (SSSR count). The minimum atomic E-state index is -2.76. The van der Waals surface area contributed by atoms with Crippen molar-refractivity contribution < 1.29 is 19.0 Å². The highest BCUT2D eigenvalue weighted by atomic mass is 19.3. The number of hydrogen-bond donors (Lipinski definition) is 4. The number of nitrogens with zero attached hydrogens (tertiary/aromatic N) is 6. The molecule has 0 saturated heterocycles. The van der Waals surface area contributed by atoms with E-state index in [1.807, 2.05) is 0 Å². The van der Waals surface area contributed by atoms with Crippen molar-refractivity contribution in [3.63, 3.8) is 0 Å². The Labute approximate surface area is 163 Å². The molecule has 0 fully saturated rings. The van der Waals surface area contributed by atoms with Gasteiger partial charge in [0.05, 0.1) is 12.2 Å². The van der Waals surface area contributed by atoms with Gasteiger partial charge in [0.15, 0.2) is 25.1 Å². The smallest absolute Gasteiger partial charge is 0.256 e. The first kappa shape index (κ1) is 19.0. The number of anilines is 2. The van der Waals surface area contributed by atoms with E-state index in [0.717, 1.165) is 0 Å². The van der Waals surface area contributed by atoms with Gasteiger partial charge < -0.3 is 25.8 Å². The second-order valence-corrected chi connectivity index (χ2v) is 6.39. The number of nitrogen functional groups attached to an aromatic ring is 1. The van der Waals surface area contributed by atoms with Gasteiger partial charge in [-0.15, -0.1) is 5.10 Å². The lowest BCUT2D eigenvalue weighted by Crippen LogP contribution is -2.38. The molecule has 0 bridgehead atoms. The lowest BCUT2D eigenvalue weighted by Gasteiger charge is -2.20. The molecule has 0 spiro atoms. The molecule has 0 aliphatic rings. The van der Waals surface area contributed by atoms with Crippen LogP contribution in [0.5, 0.6) is 0 Å². The quantitative estimate of drug-likeness (QED) is 0.280. The van der Waals surface area contributed by atoms with Crippen molar-refractivity contribution in [1.82, 2.24) is 29.1 Å². The van der Waals surface area contributed by atoms with Crippen LogP contribution in [0.1, 0.15) is 5.82 Å². The van der Waals surface area contributed by atoms with Crippen LogP contribution in [0.4, 0.5) is 20.5 Å². The molecule has 0 unspecified atom stereocenters. The van der Waals surface area contributed by atoms with Gasteiger partial charge in [0.2, 0.25) is 5.95 Å². The number of alkyl halides is 2. The Morgan fingerprint density at radius 3 is 2.69 bits per heavy atom. The third kappa shape index (κ3) is 3.57. The number of halogens is 2. The van der Waals surface area contributed by atoms with E-state index in [9.17, 15) is 19.0 Å². The van der Waals surface area contributed by atoms with Crippen LogP contribution >= 0.6 is 0 Å². The molecule has 0 aliphatic heterocycles. The lowest BCUT2D eigenvalue weighted by molar-refractivity contribution is -0.0595. The Morgan fingerprint density at radius 1 is 1.24 bits per heavy atom. The third-order valence-electron chi connectivity index (χ3n) is 4.21. The van der Waals surface area contributed by atoms with Crippen LogP contribution in [-0.2, 0) is 6.54 Å². The molecule has 4 aromatic heterocycles. The van der Waals surface area contributed by atoms with Crippen LogP contribution in [0.15, 0.2) is 24.4 Å². The Kier molecular flexibility index (Phi) is 4.35. The van der Waals surface area contributed by atoms with E-state index in [1.54, 1.807) is 31.3 Å². The minimum Gasteiger partial charge on any atom is -0.366 e. The van der Waals surface area contributed by atoms with Gasteiger partial charge in [0, 0.05) is 11.8 Å². The molecule has 4 heterocycles. The van der Waals surface area contributed by atoms with Gasteiger partial charge in [0.25, 0.3) is 6.43 Å². The molecule has 2 radical (unpaired) electrons. The summed E-state index contributed by atoms with van der Waals surface area (Å²) in [4.78, 5) is 12.7. The standard InChI is InChI=1S/C16H15BF2N8O2/c1-7-21-10-3-2-9(22-14(10)26(7)6-11(18)19)8-4-5-27-12(8)13(23-15(20)25-27)24-16(17,28)29/h2-5,11,28-29H,6H2,1H3,(H3,20,23,24,25). The van der Waals surface area contributed by atoms with Crippen molar-refractivity contribution in [2.45, 2.75) is 25.7 Å². The summed E-state index contributed by atoms with van der Waals surface area (Å²) < 4.78 is 28.6. The Balaban J connectivity index is 1.91. The zero-order chi connectivity index (χ0) is 20.9. The van der Waals surface area contributed by atoms with Gasteiger partial charge in [-0.2, -0.15) is 4.98 Å². The van der Waals surface area contributed by atoms with Gasteiger partial charge in [-0.3, -0.25) is 0 Å². The van der Waals surface area contributed by atoms with Crippen molar-refractivity contribution in [3.05, 3.63) is 30.2 Å². The summed E-state index contributed by atoms with van der Waals surface area (Å²) in [5.41, 5.74) is 7.62. The van der Waals surface area contributed by atoms with Gasteiger partial charge in [-0.1, -0.05) is 0 Å². The fourth-order valence-electron chi connectivity index (χ4n) is 3.13. The molecular weight excluding hydrogens is 385 g/mol. The number of nitrogens with one attached hydrogen (secondary N) is 1. The highest BCUT2D eigenvalue weighted by molar-refractivity contribution is 6.14. The van der Waals surface area contributed by atoms with Crippen molar-refractivity contribution >= 4 is 36.3 Å². The molecule has 10 nitrogen and oxygen atoms in total. The van der Waals surface area contributed by atoms with Gasteiger partial charge in [-0.25, -0.2) is 23.3 Å². The molecule has 0 aromatic carbocycles. The van der Waals surface area contributed by atoms with E-state index in [0.29, 0.717) is 33.8 Å². The molecule has 29 heavy (non-hydrogen) atoms. The van der Waals surface area contributed by atoms with Crippen molar-refractivity contribution in [1.29, 1.82) is 0 Å². The summed E-state index contributed by atoms with van der Waals surface area (Å²) in [5, 5.41) is 25.3. The number of imidazole rings is 1. The fraction of sp³-hybridized carbons (Fsp3) is 0.250. The Morgan fingerprint density at radius 2 is 2.00 bits per heavy atom. The predicted molar refractivity (Wildman–Crippen MR) is 101 cm³/mol. The molecule has 0 aliphatic carbocycles. The van der Waals surface area contributed by atoms with E-state index in [4.69, 9.17) is 13.6 Å². The van der Waals surface area contributed by atoms with E-state index in [-0.39, 0.29) is 11.8 Å². The van der Waals surface area contributed by atoms with Crippen LogP contribution < -0.4 is 11.1 Å². The average Bonchev–Trinajstić information content (AvgIpc) is 3.14. The summed E-state index contributed by atoms with van der Waals surface area (Å²) in [6, 6.07) is 4.97. The molecular formula is C16H15BF2N8O2. The second kappa shape index (κ2) is 6.63. The number of hydrogen-bond acceptors (Lipinski definition) is 8. The zero-order valence-electron chi connectivity index (χ0n) is 15.1. The molecule has 13 heteroatoms. The Bertz CT molecular complexity index is 1220. The number of aliphatic hydroxyl groups is 2. The maximum absolute atomic E-state index is 13.0. The number of aryl methyl sites for hydroxylation is 1. The minimum absolute atomic E-state index is 0.0517. The molecule has 0 atom stereocenters. The van der Waals surface area contributed by atoms with Gasteiger partial charge >= 0.3 is 0 Å². The summed E-state index contributed by atoms with van der Waals surface area (Å²) in [6.07, 6.45) is -1.00. The lowest BCUT2D eigenvalue weighted by atomic mass is 10.0. The molecule has 4 aromatic rings. The number of nitrogens with two attached hydrogens (primary N) is 1. The number of pyridine rings is 1. The number of fused-ring (bicyclic) bond motifs is 2. The van der Waals surface area contributed by atoms with E-state index < -0.39 is 18.8 Å². The molecule has 0 amide bonds. The maximum Gasteiger partial charge on any atom is 0.256 e. The summed E-state index contributed by atoms with van der Waals surface area (Å²) in [6.45, 7) is 1.09. The fourth-order valence-corrected chi connectivity index (χ4v) is 3.13. The number of aromatic nitrogens is 6. The topological polar surface area (TPSA) is 139 Å². The summed E-state index contributed by atoms with van der Waals surface area (Å²) in [5.74, 6) is -2.53. The third-order valence-corrected chi connectivity index (χ3v) is 4.21. The first-order valence-corrected chi connectivity index (χ1v) is 8.41. The van der Waals surface area contributed by atoms with Crippen LogP contribution in [0.3, 0.4) is 0 Å². The van der Waals surface area contributed by atoms with Crippen LogP contribution in [0, 0.1) is 6.92 Å². The highest BCUT2D eigenvalue weighted by Gasteiger charge is 2.21. The van der Waals surface area contributed by atoms with Gasteiger partial charge in [-0.05, 0) is 25.1 Å². The normalized spacial score (nSPS) is 12.3. The van der Waals surface area contributed by atoms with Crippen LogP contribution in [0.2, 0.25) is 0 Å². The van der Waals surface area contributed by atoms with Crippen molar-refractivity contribution in [3.8, 4) is 11.3 Å².